The molecular formula is C15H24ClN3O2. The first-order valence-electron chi connectivity index (χ1n) is 7.33. The fourth-order valence-corrected chi connectivity index (χ4v) is 1.92. The summed E-state index contributed by atoms with van der Waals surface area (Å²) in [6.45, 7) is 8.05. The third-order valence-corrected chi connectivity index (χ3v) is 3.07. The minimum absolute atomic E-state index is 0.175. The summed E-state index contributed by atoms with van der Waals surface area (Å²) in [5, 5.41) is 6.28. The van der Waals surface area contributed by atoms with Gasteiger partial charge in [-0.3, -0.25) is 4.79 Å². The van der Waals surface area contributed by atoms with Gasteiger partial charge >= 0.3 is 0 Å². The molecule has 1 rings (SSSR count). The van der Waals surface area contributed by atoms with Crippen molar-refractivity contribution in [3.05, 3.63) is 22.8 Å². The maximum atomic E-state index is 12.1. The normalized spacial score (nSPS) is 10.7. The maximum Gasteiger partial charge on any atom is 0.252 e. The highest BCUT2D eigenvalue weighted by Crippen LogP contribution is 2.17. The number of nitrogens with zero attached hydrogens (tertiary/aromatic N) is 1. The number of carbonyl (C=O) groups is 1. The third kappa shape index (κ3) is 6.78. The van der Waals surface area contributed by atoms with E-state index < -0.39 is 0 Å². The van der Waals surface area contributed by atoms with Crippen molar-refractivity contribution < 1.29 is 9.53 Å². The van der Waals surface area contributed by atoms with E-state index in [2.05, 4.69) is 15.6 Å². The van der Waals surface area contributed by atoms with Gasteiger partial charge in [-0.2, -0.15) is 0 Å². The number of halogens is 1. The van der Waals surface area contributed by atoms with Crippen LogP contribution in [0.1, 0.15) is 44.0 Å². The fourth-order valence-electron chi connectivity index (χ4n) is 1.73. The van der Waals surface area contributed by atoms with E-state index in [1.165, 1.54) is 6.20 Å². The highest BCUT2D eigenvalue weighted by atomic mass is 35.5. The molecule has 118 valence electrons. The Kier molecular flexibility index (Phi) is 8.08. The number of pyridine rings is 1. The van der Waals surface area contributed by atoms with Crippen molar-refractivity contribution in [1.82, 2.24) is 10.3 Å². The molecule has 0 unspecified atom stereocenters. The lowest BCUT2D eigenvalue weighted by Crippen LogP contribution is -2.25. The quantitative estimate of drug-likeness (QED) is 0.688. The molecule has 0 radical (unpaired) electrons. The molecule has 0 bridgehead atoms. The highest BCUT2D eigenvalue weighted by molar-refractivity contribution is 6.33. The molecule has 0 aliphatic heterocycles. The molecule has 0 aliphatic rings. The SMILES string of the molecule is CCNc1cc(C(=O)NCCCCOC(C)C)c(Cl)cn1. The molecule has 0 atom stereocenters. The Balaban J connectivity index is 2.39. The van der Waals surface area contributed by atoms with Gasteiger partial charge in [-0.15, -0.1) is 0 Å². The van der Waals surface area contributed by atoms with E-state index in [1.807, 2.05) is 20.8 Å². The third-order valence-electron chi connectivity index (χ3n) is 2.77. The maximum absolute atomic E-state index is 12.1. The smallest absolute Gasteiger partial charge is 0.252 e. The zero-order chi connectivity index (χ0) is 15.7. The van der Waals surface area contributed by atoms with Crippen LogP contribution in [-0.2, 0) is 4.74 Å². The molecule has 0 spiro atoms. The van der Waals surface area contributed by atoms with Gasteiger partial charge < -0.3 is 15.4 Å². The number of hydrogen-bond donors (Lipinski definition) is 2. The van der Waals surface area contributed by atoms with E-state index in [0.717, 1.165) is 19.4 Å². The Morgan fingerprint density at radius 2 is 2.19 bits per heavy atom. The molecule has 1 amide bonds. The van der Waals surface area contributed by atoms with Gasteiger partial charge in [-0.1, -0.05) is 11.6 Å². The summed E-state index contributed by atoms with van der Waals surface area (Å²) in [6, 6.07) is 1.67. The molecule has 0 fully saturated rings. The Bertz CT molecular complexity index is 453. The second kappa shape index (κ2) is 9.58. The molecule has 0 aromatic carbocycles. The molecule has 2 N–H and O–H groups in total. The lowest BCUT2D eigenvalue weighted by Gasteiger charge is -2.10. The predicted molar refractivity (Wildman–Crippen MR) is 86.1 cm³/mol. The average molecular weight is 314 g/mol. The Hall–Kier alpha value is -1.33. The van der Waals surface area contributed by atoms with Crippen molar-refractivity contribution in [2.24, 2.45) is 0 Å². The zero-order valence-electron chi connectivity index (χ0n) is 12.9. The largest absolute Gasteiger partial charge is 0.379 e. The van der Waals surface area contributed by atoms with Crippen LogP contribution in [0, 0.1) is 0 Å². The Labute approximate surface area is 131 Å². The topological polar surface area (TPSA) is 63.2 Å². The van der Waals surface area contributed by atoms with E-state index in [4.69, 9.17) is 16.3 Å². The number of nitrogens with one attached hydrogen (secondary N) is 2. The first kappa shape index (κ1) is 17.7. The number of anilines is 1. The van der Waals surface area contributed by atoms with Gasteiger partial charge in [-0.05, 0) is 39.7 Å². The number of amides is 1. The van der Waals surface area contributed by atoms with E-state index in [1.54, 1.807) is 6.07 Å². The number of hydrogen-bond acceptors (Lipinski definition) is 4. The first-order valence-corrected chi connectivity index (χ1v) is 7.71. The van der Waals surface area contributed by atoms with Crippen LogP contribution in [-0.4, -0.2) is 36.7 Å². The Morgan fingerprint density at radius 3 is 2.86 bits per heavy atom. The van der Waals surface area contributed by atoms with E-state index in [0.29, 0.717) is 29.6 Å². The predicted octanol–water partition coefficient (Wildman–Crippen LogP) is 3.10. The highest BCUT2D eigenvalue weighted by Gasteiger charge is 2.11. The van der Waals surface area contributed by atoms with Gasteiger partial charge in [0.15, 0.2) is 0 Å². The molecule has 0 saturated heterocycles. The van der Waals surface area contributed by atoms with Gasteiger partial charge in [0.05, 0.1) is 16.7 Å². The van der Waals surface area contributed by atoms with Crippen molar-refractivity contribution in [2.45, 2.75) is 39.7 Å². The van der Waals surface area contributed by atoms with Gasteiger partial charge in [0.25, 0.3) is 5.91 Å². The molecule has 1 heterocycles. The van der Waals surface area contributed by atoms with Gasteiger partial charge in [-0.25, -0.2) is 4.98 Å². The summed E-state index contributed by atoms with van der Waals surface area (Å²) < 4.78 is 5.44. The molecule has 0 aliphatic carbocycles. The van der Waals surface area contributed by atoms with Crippen molar-refractivity contribution in [3.63, 3.8) is 0 Å². The van der Waals surface area contributed by atoms with Crippen molar-refractivity contribution in [3.8, 4) is 0 Å². The number of ether oxygens (including phenoxy) is 1. The molecule has 1 aromatic rings. The minimum atomic E-state index is -0.175. The van der Waals surface area contributed by atoms with Crippen LogP contribution in [0.5, 0.6) is 0 Å². The summed E-state index contributed by atoms with van der Waals surface area (Å²) >= 11 is 6.02. The Morgan fingerprint density at radius 1 is 1.43 bits per heavy atom. The second-order valence-corrected chi connectivity index (χ2v) is 5.37. The van der Waals surface area contributed by atoms with Crippen molar-refractivity contribution >= 4 is 23.3 Å². The van der Waals surface area contributed by atoms with Crippen LogP contribution in [0.3, 0.4) is 0 Å². The van der Waals surface area contributed by atoms with Crippen molar-refractivity contribution in [2.75, 3.05) is 25.0 Å². The summed E-state index contributed by atoms with van der Waals surface area (Å²) in [7, 11) is 0. The first-order chi connectivity index (χ1) is 10.0. The summed E-state index contributed by atoms with van der Waals surface area (Å²) in [6.07, 6.45) is 3.54. The second-order valence-electron chi connectivity index (χ2n) is 4.96. The monoisotopic (exact) mass is 313 g/mol. The van der Waals surface area contributed by atoms with E-state index >= 15 is 0 Å². The lowest BCUT2D eigenvalue weighted by molar-refractivity contribution is 0.0754. The standard InChI is InChI=1S/C15H24ClN3O2/c1-4-17-14-9-12(13(16)10-19-14)15(20)18-7-5-6-8-21-11(2)3/h9-11H,4-8H2,1-3H3,(H,17,19)(H,18,20). The minimum Gasteiger partial charge on any atom is -0.379 e. The summed E-state index contributed by atoms with van der Waals surface area (Å²) in [5.41, 5.74) is 0.445. The van der Waals surface area contributed by atoms with Crippen LogP contribution >= 0.6 is 11.6 Å². The zero-order valence-corrected chi connectivity index (χ0v) is 13.7. The van der Waals surface area contributed by atoms with Gasteiger partial charge in [0, 0.05) is 25.9 Å². The van der Waals surface area contributed by atoms with Crippen LogP contribution in [0.4, 0.5) is 5.82 Å². The molecule has 21 heavy (non-hydrogen) atoms. The number of carbonyl (C=O) groups excluding carboxylic acids is 1. The van der Waals surface area contributed by atoms with Crippen LogP contribution in [0.15, 0.2) is 12.3 Å². The van der Waals surface area contributed by atoms with Crippen LogP contribution < -0.4 is 10.6 Å². The summed E-state index contributed by atoms with van der Waals surface area (Å²) in [5.74, 6) is 0.476. The molecule has 6 heteroatoms. The fraction of sp³-hybridized carbons (Fsp3) is 0.600. The van der Waals surface area contributed by atoms with E-state index in [-0.39, 0.29) is 12.0 Å². The van der Waals surface area contributed by atoms with Crippen LogP contribution in [0.2, 0.25) is 5.02 Å². The molecular weight excluding hydrogens is 290 g/mol. The van der Waals surface area contributed by atoms with Gasteiger partial charge in [0.1, 0.15) is 5.82 Å². The molecule has 1 aromatic heterocycles. The van der Waals surface area contributed by atoms with E-state index in [9.17, 15) is 4.79 Å². The van der Waals surface area contributed by atoms with Crippen LogP contribution in [0.25, 0.3) is 0 Å². The number of aromatic nitrogens is 1. The number of rotatable bonds is 9. The number of unbranched alkanes of at least 4 members (excludes halogenated alkanes) is 1. The lowest BCUT2D eigenvalue weighted by atomic mass is 10.2. The van der Waals surface area contributed by atoms with Crippen molar-refractivity contribution in [1.29, 1.82) is 0 Å². The van der Waals surface area contributed by atoms with Gasteiger partial charge in [0.2, 0.25) is 0 Å². The average Bonchev–Trinajstić information content (AvgIpc) is 2.44. The summed E-state index contributed by atoms with van der Waals surface area (Å²) in [4.78, 5) is 16.2. The molecule has 0 saturated carbocycles. The molecule has 5 nitrogen and oxygen atoms in total.